The summed E-state index contributed by atoms with van der Waals surface area (Å²) in [6, 6.07) is 5.07. The SMILES string of the molecule is CNc1cc(Sc2cnc(CNC(=O)OC(C)(C)C)s2)cc(C(=O)O)c1. The van der Waals surface area contributed by atoms with Crippen molar-refractivity contribution in [2.45, 2.75) is 42.0 Å². The van der Waals surface area contributed by atoms with Gasteiger partial charge in [0.15, 0.2) is 0 Å². The van der Waals surface area contributed by atoms with Gasteiger partial charge in [-0.05, 0) is 39.0 Å². The highest BCUT2D eigenvalue weighted by atomic mass is 32.2. The molecular weight excluding hydrogens is 374 g/mol. The van der Waals surface area contributed by atoms with E-state index in [9.17, 15) is 14.7 Å². The zero-order valence-electron chi connectivity index (χ0n) is 15.0. The Balaban J connectivity index is 2.01. The molecule has 0 saturated heterocycles. The summed E-state index contributed by atoms with van der Waals surface area (Å²) in [5.41, 5.74) is 0.396. The highest BCUT2D eigenvalue weighted by Gasteiger charge is 2.16. The largest absolute Gasteiger partial charge is 0.478 e. The maximum atomic E-state index is 11.7. The molecule has 0 atom stereocenters. The Labute approximate surface area is 160 Å². The lowest BCUT2D eigenvalue weighted by molar-refractivity contribution is 0.0523. The predicted octanol–water partition coefficient (Wildman–Crippen LogP) is 4.06. The number of carbonyl (C=O) groups is 2. The van der Waals surface area contributed by atoms with Gasteiger partial charge >= 0.3 is 12.1 Å². The number of amides is 1. The molecule has 1 aromatic heterocycles. The van der Waals surface area contributed by atoms with Crippen LogP contribution in [0.3, 0.4) is 0 Å². The number of aromatic carboxylic acids is 1. The topological polar surface area (TPSA) is 101 Å². The van der Waals surface area contributed by atoms with E-state index in [4.69, 9.17) is 4.74 Å². The Morgan fingerprint density at radius 1 is 1.31 bits per heavy atom. The summed E-state index contributed by atoms with van der Waals surface area (Å²) < 4.78 is 6.08. The van der Waals surface area contributed by atoms with Crippen LogP contribution in [0, 0.1) is 0 Å². The van der Waals surface area contributed by atoms with E-state index in [2.05, 4.69) is 15.6 Å². The predicted molar refractivity (Wildman–Crippen MR) is 102 cm³/mol. The van der Waals surface area contributed by atoms with Crippen LogP contribution in [0.15, 0.2) is 33.5 Å². The van der Waals surface area contributed by atoms with Crippen LogP contribution >= 0.6 is 23.1 Å². The minimum atomic E-state index is -0.976. The average molecular weight is 396 g/mol. The van der Waals surface area contributed by atoms with Crippen molar-refractivity contribution in [1.29, 1.82) is 0 Å². The fraction of sp³-hybridized carbons (Fsp3) is 0.353. The van der Waals surface area contributed by atoms with Crippen LogP contribution in [0.25, 0.3) is 0 Å². The Hall–Kier alpha value is -2.26. The molecule has 0 aliphatic carbocycles. The first kappa shape index (κ1) is 20.1. The lowest BCUT2D eigenvalue weighted by atomic mass is 10.2. The van der Waals surface area contributed by atoms with Crippen LogP contribution in [-0.4, -0.2) is 34.8 Å². The molecule has 3 N–H and O–H groups in total. The van der Waals surface area contributed by atoms with Gasteiger partial charge in [0.25, 0.3) is 0 Å². The summed E-state index contributed by atoms with van der Waals surface area (Å²) >= 11 is 2.85. The molecule has 1 amide bonds. The van der Waals surface area contributed by atoms with Crippen molar-refractivity contribution in [2.75, 3.05) is 12.4 Å². The highest BCUT2D eigenvalue weighted by molar-refractivity contribution is 8.01. The molecule has 0 spiro atoms. The maximum Gasteiger partial charge on any atom is 0.408 e. The number of rotatable bonds is 6. The van der Waals surface area contributed by atoms with Gasteiger partial charge in [-0.15, -0.1) is 11.3 Å². The lowest BCUT2D eigenvalue weighted by Gasteiger charge is -2.19. The van der Waals surface area contributed by atoms with E-state index in [0.29, 0.717) is 0 Å². The Morgan fingerprint density at radius 3 is 2.65 bits per heavy atom. The number of anilines is 1. The summed E-state index contributed by atoms with van der Waals surface area (Å²) in [7, 11) is 1.74. The molecule has 9 heteroatoms. The van der Waals surface area contributed by atoms with Crippen molar-refractivity contribution in [3.63, 3.8) is 0 Å². The van der Waals surface area contributed by atoms with Gasteiger partial charge in [-0.3, -0.25) is 0 Å². The molecule has 1 heterocycles. The molecule has 2 aromatic rings. The van der Waals surface area contributed by atoms with Crippen LogP contribution in [0.5, 0.6) is 0 Å². The molecule has 0 aliphatic rings. The monoisotopic (exact) mass is 395 g/mol. The van der Waals surface area contributed by atoms with Gasteiger partial charge in [0.1, 0.15) is 10.6 Å². The zero-order valence-corrected chi connectivity index (χ0v) is 16.6. The van der Waals surface area contributed by atoms with Crippen LogP contribution in [0.4, 0.5) is 10.5 Å². The molecule has 0 fully saturated rings. The van der Waals surface area contributed by atoms with Gasteiger partial charge in [-0.1, -0.05) is 11.8 Å². The van der Waals surface area contributed by atoms with E-state index in [-0.39, 0.29) is 12.1 Å². The van der Waals surface area contributed by atoms with Gasteiger partial charge in [-0.2, -0.15) is 0 Å². The summed E-state index contributed by atoms with van der Waals surface area (Å²) in [5, 5.41) is 15.6. The van der Waals surface area contributed by atoms with Crippen molar-refractivity contribution < 1.29 is 19.4 Å². The summed E-state index contributed by atoms with van der Waals surface area (Å²) in [6.07, 6.45) is 1.21. The quantitative estimate of drug-likeness (QED) is 0.678. The number of carboxylic acids is 1. The number of benzene rings is 1. The number of hydrogen-bond donors (Lipinski definition) is 3. The fourth-order valence-corrected chi connectivity index (χ4v) is 3.97. The summed E-state index contributed by atoms with van der Waals surface area (Å²) in [5.74, 6) is -0.976. The first-order chi connectivity index (χ1) is 12.2. The fourth-order valence-electron chi connectivity index (χ4n) is 1.93. The molecular formula is C17H21N3O4S2. The molecule has 0 saturated carbocycles. The number of carbonyl (C=O) groups excluding carboxylic acids is 1. The van der Waals surface area contributed by atoms with Crippen LogP contribution in [-0.2, 0) is 11.3 Å². The number of hydrogen-bond acceptors (Lipinski definition) is 7. The van der Waals surface area contributed by atoms with Crippen molar-refractivity contribution in [3.8, 4) is 0 Å². The molecule has 1 aromatic carbocycles. The summed E-state index contributed by atoms with van der Waals surface area (Å²) in [4.78, 5) is 28.0. The number of nitrogens with one attached hydrogen (secondary N) is 2. The van der Waals surface area contributed by atoms with E-state index in [1.54, 1.807) is 46.1 Å². The first-order valence-corrected chi connectivity index (χ1v) is 9.45. The zero-order chi connectivity index (χ0) is 19.3. The standard InChI is InChI=1S/C17H21N3O4S2/c1-17(2,3)24-16(23)20-8-13-19-9-14(26-13)25-12-6-10(15(21)22)5-11(7-12)18-4/h5-7,9,18H,8H2,1-4H3,(H,20,23)(H,21,22). The van der Waals surface area contributed by atoms with Crippen molar-refractivity contribution >= 4 is 40.8 Å². The van der Waals surface area contributed by atoms with Crippen molar-refractivity contribution in [2.24, 2.45) is 0 Å². The van der Waals surface area contributed by atoms with Gasteiger partial charge in [-0.25, -0.2) is 14.6 Å². The number of thiazole rings is 1. The number of ether oxygens (including phenoxy) is 1. The van der Waals surface area contributed by atoms with E-state index in [0.717, 1.165) is 19.8 Å². The van der Waals surface area contributed by atoms with Gasteiger partial charge < -0.3 is 20.5 Å². The molecule has 140 valence electrons. The second-order valence-electron chi connectivity index (χ2n) is 6.33. The number of nitrogens with zero attached hydrogens (tertiary/aromatic N) is 1. The third-order valence-corrected chi connectivity index (χ3v) is 5.05. The molecule has 7 nitrogen and oxygen atoms in total. The lowest BCUT2D eigenvalue weighted by Crippen LogP contribution is -2.32. The van der Waals surface area contributed by atoms with Crippen LogP contribution < -0.4 is 10.6 Å². The molecule has 0 bridgehead atoms. The molecule has 0 unspecified atom stereocenters. The minimum Gasteiger partial charge on any atom is -0.478 e. The number of carboxylic acid groups (broad SMARTS) is 1. The number of alkyl carbamates (subject to hydrolysis) is 1. The minimum absolute atomic E-state index is 0.218. The molecule has 0 aliphatic heterocycles. The second kappa shape index (κ2) is 8.41. The van der Waals surface area contributed by atoms with E-state index in [1.165, 1.54) is 23.1 Å². The normalized spacial score (nSPS) is 11.1. The third kappa shape index (κ3) is 6.23. The van der Waals surface area contributed by atoms with E-state index in [1.807, 2.05) is 6.07 Å². The van der Waals surface area contributed by atoms with Crippen LogP contribution in [0.1, 0.15) is 36.1 Å². The molecule has 26 heavy (non-hydrogen) atoms. The molecule has 0 radical (unpaired) electrons. The summed E-state index contributed by atoms with van der Waals surface area (Å²) in [6.45, 7) is 5.68. The maximum absolute atomic E-state index is 11.7. The average Bonchev–Trinajstić information content (AvgIpc) is 2.98. The smallest absolute Gasteiger partial charge is 0.408 e. The van der Waals surface area contributed by atoms with Crippen molar-refractivity contribution in [3.05, 3.63) is 35.0 Å². The van der Waals surface area contributed by atoms with E-state index < -0.39 is 17.7 Å². The Kier molecular flexibility index (Phi) is 6.49. The third-order valence-electron chi connectivity index (χ3n) is 2.98. The Bertz CT molecular complexity index is 800. The van der Waals surface area contributed by atoms with Gasteiger partial charge in [0, 0.05) is 17.6 Å². The van der Waals surface area contributed by atoms with E-state index >= 15 is 0 Å². The number of aromatic nitrogens is 1. The van der Waals surface area contributed by atoms with Gasteiger partial charge in [0.05, 0.1) is 22.5 Å². The second-order valence-corrected chi connectivity index (χ2v) is 8.82. The first-order valence-electron chi connectivity index (χ1n) is 7.82. The highest BCUT2D eigenvalue weighted by Crippen LogP contribution is 2.34. The molecule has 2 rings (SSSR count). The van der Waals surface area contributed by atoms with Crippen molar-refractivity contribution in [1.82, 2.24) is 10.3 Å². The van der Waals surface area contributed by atoms with Crippen LogP contribution in [0.2, 0.25) is 0 Å². The van der Waals surface area contributed by atoms with Gasteiger partial charge in [0.2, 0.25) is 0 Å². The Morgan fingerprint density at radius 2 is 2.04 bits per heavy atom.